The zero-order chi connectivity index (χ0) is 11.4. The van der Waals surface area contributed by atoms with Crippen LogP contribution in [0.5, 0.6) is 0 Å². The molecule has 0 amide bonds. The molecule has 3 nitrogen and oxygen atoms in total. The maximum atomic E-state index is 5.27. The summed E-state index contributed by atoms with van der Waals surface area (Å²) in [5.74, 6) is 0. The molecule has 0 saturated carbocycles. The zero-order valence-electron chi connectivity index (χ0n) is 10.7. The van der Waals surface area contributed by atoms with Crippen LogP contribution in [0, 0.1) is 0 Å². The van der Waals surface area contributed by atoms with Crippen molar-refractivity contribution < 1.29 is 4.74 Å². The molecule has 1 heterocycles. The van der Waals surface area contributed by atoms with Crippen molar-refractivity contribution in [1.82, 2.24) is 10.2 Å². The molecule has 0 atom stereocenters. The lowest BCUT2D eigenvalue weighted by Crippen LogP contribution is -2.37. The van der Waals surface area contributed by atoms with E-state index in [1.165, 1.54) is 19.4 Å². The Hall–Kier alpha value is -0.120. The van der Waals surface area contributed by atoms with Gasteiger partial charge in [0.1, 0.15) is 0 Å². The Morgan fingerprint density at radius 2 is 1.73 bits per heavy atom. The van der Waals surface area contributed by atoms with E-state index in [-0.39, 0.29) is 0 Å². The van der Waals surface area contributed by atoms with Crippen LogP contribution in [0.4, 0.5) is 0 Å². The van der Waals surface area contributed by atoms with Gasteiger partial charge in [-0.15, -0.1) is 0 Å². The number of ether oxygens (including phenoxy) is 1. The molecular formula is C12H28N2O. The summed E-state index contributed by atoms with van der Waals surface area (Å²) in [5.41, 5.74) is 0. The zero-order valence-corrected chi connectivity index (χ0v) is 10.7. The summed E-state index contributed by atoms with van der Waals surface area (Å²) in [5, 5.41) is 3.33. The van der Waals surface area contributed by atoms with Gasteiger partial charge in [0, 0.05) is 13.1 Å². The lowest BCUT2D eigenvalue weighted by atomic mass is 10.3. The smallest absolute Gasteiger partial charge is 0.0594 e. The molecule has 0 aromatic heterocycles. The molecule has 1 fully saturated rings. The van der Waals surface area contributed by atoms with Gasteiger partial charge in [-0.1, -0.05) is 27.2 Å². The Morgan fingerprint density at radius 3 is 2.27 bits per heavy atom. The Morgan fingerprint density at radius 1 is 1.13 bits per heavy atom. The molecule has 0 radical (unpaired) electrons. The summed E-state index contributed by atoms with van der Waals surface area (Å²) in [7, 11) is 0. The summed E-state index contributed by atoms with van der Waals surface area (Å²) in [6.07, 6.45) is 2.51. The third-order valence-electron chi connectivity index (χ3n) is 2.18. The first-order valence-corrected chi connectivity index (χ1v) is 6.35. The van der Waals surface area contributed by atoms with Crippen LogP contribution >= 0.6 is 0 Å². The highest BCUT2D eigenvalue weighted by molar-refractivity contribution is 4.61. The van der Waals surface area contributed by atoms with Gasteiger partial charge in [-0.3, -0.25) is 4.90 Å². The number of morpholine rings is 1. The SMILES string of the molecule is CCC.CCNCCCN1CCOCC1. The molecule has 0 aliphatic carbocycles. The van der Waals surface area contributed by atoms with Crippen LogP contribution in [-0.2, 0) is 4.74 Å². The molecule has 1 N–H and O–H groups in total. The van der Waals surface area contributed by atoms with Gasteiger partial charge < -0.3 is 10.1 Å². The van der Waals surface area contributed by atoms with Gasteiger partial charge in [0.15, 0.2) is 0 Å². The minimum atomic E-state index is 0.918. The number of nitrogens with zero attached hydrogens (tertiary/aromatic N) is 1. The van der Waals surface area contributed by atoms with Crippen LogP contribution < -0.4 is 5.32 Å². The van der Waals surface area contributed by atoms with E-state index in [9.17, 15) is 0 Å². The van der Waals surface area contributed by atoms with Gasteiger partial charge in [-0.25, -0.2) is 0 Å². The van der Waals surface area contributed by atoms with Crippen LogP contribution in [0.15, 0.2) is 0 Å². The summed E-state index contributed by atoms with van der Waals surface area (Å²) in [4.78, 5) is 2.47. The minimum Gasteiger partial charge on any atom is -0.379 e. The van der Waals surface area contributed by atoms with Crippen LogP contribution in [0.2, 0.25) is 0 Å². The van der Waals surface area contributed by atoms with Gasteiger partial charge in [0.2, 0.25) is 0 Å². The minimum absolute atomic E-state index is 0.918. The van der Waals surface area contributed by atoms with Crippen molar-refractivity contribution in [2.24, 2.45) is 0 Å². The molecule has 15 heavy (non-hydrogen) atoms. The number of nitrogens with one attached hydrogen (secondary N) is 1. The fourth-order valence-corrected chi connectivity index (χ4v) is 1.43. The Kier molecular flexibility index (Phi) is 11.9. The Balaban J connectivity index is 0.000000583. The monoisotopic (exact) mass is 216 g/mol. The van der Waals surface area contributed by atoms with E-state index in [0.29, 0.717) is 0 Å². The standard InChI is InChI=1S/C9H20N2O.C3H8/c1-2-10-4-3-5-11-6-8-12-9-7-11;1-3-2/h10H,2-9H2,1H3;3H2,1-2H3. The van der Waals surface area contributed by atoms with Crippen LogP contribution in [0.1, 0.15) is 33.6 Å². The van der Waals surface area contributed by atoms with Crippen molar-refractivity contribution in [3.05, 3.63) is 0 Å². The Labute approximate surface area is 95.2 Å². The predicted molar refractivity (Wildman–Crippen MR) is 66.4 cm³/mol. The normalized spacial score (nSPS) is 17.0. The molecule has 1 saturated heterocycles. The second kappa shape index (κ2) is 12.0. The molecule has 1 aliphatic rings. The van der Waals surface area contributed by atoms with Gasteiger partial charge in [-0.05, 0) is 26.1 Å². The fourth-order valence-electron chi connectivity index (χ4n) is 1.43. The average molecular weight is 216 g/mol. The number of hydrogen-bond acceptors (Lipinski definition) is 3. The summed E-state index contributed by atoms with van der Waals surface area (Å²) < 4.78 is 5.27. The molecular weight excluding hydrogens is 188 g/mol. The fraction of sp³-hybridized carbons (Fsp3) is 1.00. The van der Waals surface area contributed by atoms with E-state index in [2.05, 4.69) is 31.0 Å². The van der Waals surface area contributed by atoms with E-state index in [1.807, 2.05) is 0 Å². The molecule has 0 aromatic carbocycles. The second-order valence-electron chi connectivity index (χ2n) is 3.87. The molecule has 0 spiro atoms. The predicted octanol–water partition coefficient (Wildman–Crippen LogP) is 1.73. The molecule has 1 rings (SSSR count). The van der Waals surface area contributed by atoms with Crippen molar-refractivity contribution in [2.75, 3.05) is 45.9 Å². The van der Waals surface area contributed by atoms with Crippen LogP contribution in [-0.4, -0.2) is 50.8 Å². The van der Waals surface area contributed by atoms with Crippen molar-refractivity contribution >= 4 is 0 Å². The first kappa shape index (κ1) is 14.9. The summed E-state index contributed by atoms with van der Waals surface area (Å²) in [6, 6.07) is 0. The quantitative estimate of drug-likeness (QED) is 0.708. The van der Waals surface area contributed by atoms with Gasteiger partial charge >= 0.3 is 0 Å². The largest absolute Gasteiger partial charge is 0.379 e. The van der Waals surface area contributed by atoms with Crippen molar-refractivity contribution in [1.29, 1.82) is 0 Å². The maximum absolute atomic E-state index is 5.27. The molecule has 1 aliphatic heterocycles. The Bertz CT molecular complexity index is 114. The lowest BCUT2D eigenvalue weighted by molar-refractivity contribution is 0.0375. The van der Waals surface area contributed by atoms with E-state index in [0.717, 1.165) is 39.4 Å². The van der Waals surface area contributed by atoms with Crippen molar-refractivity contribution in [3.8, 4) is 0 Å². The summed E-state index contributed by atoms with van der Waals surface area (Å²) in [6.45, 7) is 13.9. The average Bonchev–Trinajstić information content (AvgIpc) is 2.27. The van der Waals surface area contributed by atoms with Gasteiger partial charge in [-0.2, -0.15) is 0 Å². The first-order valence-electron chi connectivity index (χ1n) is 6.35. The number of hydrogen-bond donors (Lipinski definition) is 1. The van der Waals surface area contributed by atoms with Crippen LogP contribution in [0.3, 0.4) is 0 Å². The lowest BCUT2D eigenvalue weighted by Gasteiger charge is -2.26. The number of rotatable bonds is 5. The topological polar surface area (TPSA) is 24.5 Å². The van der Waals surface area contributed by atoms with Gasteiger partial charge in [0.25, 0.3) is 0 Å². The molecule has 3 heteroatoms. The van der Waals surface area contributed by atoms with E-state index >= 15 is 0 Å². The highest BCUT2D eigenvalue weighted by Gasteiger charge is 2.08. The van der Waals surface area contributed by atoms with Crippen molar-refractivity contribution in [2.45, 2.75) is 33.6 Å². The van der Waals surface area contributed by atoms with E-state index in [1.54, 1.807) is 0 Å². The first-order chi connectivity index (χ1) is 7.35. The third kappa shape index (κ3) is 10.2. The molecule has 0 aromatic rings. The highest BCUT2D eigenvalue weighted by Crippen LogP contribution is 1.96. The van der Waals surface area contributed by atoms with Crippen LogP contribution in [0.25, 0.3) is 0 Å². The molecule has 92 valence electrons. The molecule has 0 unspecified atom stereocenters. The van der Waals surface area contributed by atoms with Crippen molar-refractivity contribution in [3.63, 3.8) is 0 Å². The van der Waals surface area contributed by atoms with E-state index < -0.39 is 0 Å². The molecule has 0 bridgehead atoms. The van der Waals surface area contributed by atoms with E-state index in [4.69, 9.17) is 4.74 Å². The maximum Gasteiger partial charge on any atom is 0.0594 e. The second-order valence-corrected chi connectivity index (χ2v) is 3.87. The summed E-state index contributed by atoms with van der Waals surface area (Å²) >= 11 is 0. The highest BCUT2D eigenvalue weighted by atomic mass is 16.5. The van der Waals surface area contributed by atoms with Gasteiger partial charge in [0.05, 0.1) is 13.2 Å². The third-order valence-corrected chi connectivity index (χ3v) is 2.18.